The molecule has 0 unspecified atom stereocenters. The molecule has 0 bridgehead atoms. The summed E-state index contributed by atoms with van der Waals surface area (Å²) in [5.74, 6) is 0. The van der Waals surface area contributed by atoms with Crippen LogP contribution >= 0.6 is 11.8 Å². The fourth-order valence-corrected chi connectivity index (χ4v) is 2.78. The lowest BCUT2D eigenvalue weighted by molar-refractivity contribution is -0.105. The summed E-state index contributed by atoms with van der Waals surface area (Å²) in [5.41, 5.74) is 1.05. The molecule has 0 amide bonds. The molecule has 1 nitrogen and oxygen atoms in total. The Labute approximate surface area is 85.0 Å². The van der Waals surface area contributed by atoms with Crippen LogP contribution in [0.15, 0.2) is 10.5 Å². The first-order valence-corrected chi connectivity index (χ1v) is 5.71. The first-order chi connectivity index (χ1) is 6.03. The first kappa shape index (κ1) is 10.8. The van der Waals surface area contributed by atoms with Gasteiger partial charge in [0.05, 0.1) is 0 Å². The third kappa shape index (κ3) is 3.55. The lowest BCUT2D eigenvalue weighted by atomic mass is 10.0. The van der Waals surface area contributed by atoms with E-state index in [1.165, 1.54) is 17.7 Å². The van der Waals surface area contributed by atoms with Crippen LogP contribution in [-0.2, 0) is 4.79 Å². The summed E-state index contributed by atoms with van der Waals surface area (Å²) in [6, 6.07) is 0. The van der Waals surface area contributed by atoms with Crippen LogP contribution in [0.4, 0.5) is 0 Å². The van der Waals surface area contributed by atoms with Gasteiger partial charge in [-0.05, 0) is 30.6 Å². The number of aldehydes is 1. The van der Waals surface area contributed by atoms with Crippen molar-refractivity contribution in [3.05, 3.63) is 10.5 Å². The molecular formula is C11H18OS. The maximum Gasteiger partial charge on any atom is 0.146 e. The van der Waals surface area contributed by atoms with E-state index < -0.39 is 0 Å². The second kappa shape index (κ2) is 4.32. The zero-order chi connectivity index (χ0) is 9.90. The van der Waals surface area contributed by atoms with Gasteiger partial charge in [-0.15, -0.1) is 11.8 Å². The summed E-state index contributed by atoms with van der Waals surface area (Å²) < 4.78 is 0.237. The van der Waals surface area contributed by atoms with Crippen LogP contribution in [0.1, 0.15) is 46.5 Å². The fraction of sp³-hybridized carbons (Fsp3) is 0.727. The molecule has 0 aromatic carbocycles. The molecule has 2 heteroatoms. The normalized spacial score (nSPS) is 19.0. The molecular weight excluding hydrogens is 180 g/mol. The van der Waals surface area contributed by atoms with E-state index in [0.29, 0.717) is 0 Å². The second-order valence-corrected chi connectivity index (χ2v) is 6.41. The van der Waals surface area contributed by atoms with Gasteiger partial charge in [-0.2, -0.15) is 0 Å². The van der Waals surface area contributed by atoms with Gasteiger partial charge in [0.15, 0.2) is 0 Å². The highest BCUT2D eigenvalue weighted by Gasteiger charge is 2.19. The highest BCUT2D eigenvalue weighted by molar-refractivity contribution is 8.04. The topological polar surface area (TPSA) is 17.1 Å². The molecule has 0 saturated heterocycles. The van der Waals surface area contributed by atoms with Gasteiger partial charge in [0, 0.05) is 10.3 Å². The monoisotopic (exact) mass is 198 g/mol. The van der Waals surface area contributed by atoms with Crippen molar-refractivity contribution < 1.29 is 4.79 Å². The minimum absolute atomic E-state index is 0.237. The second-order valence-electron chi connectivity index (χ2n) is 4.49. The molecule has 0 aromatic rings. The Morgan fingerprint density at radius 3 is 2.38 bits per heavy atom. The zero-order valence-electron chi connectivity index (χ0n) is 8.72. The van der Waals surface area contributed by atoms with Crippen LogP contribution in [0.25, 0.3) is 0 Å². The standard InChI is InChI=1S/C11H18OS/c1-11(2,3)13-10-7-5-4-6-9(10)8-12/h8H,4-7H2,1-3H3. The van der Waals surface area contributed by atoms with Gasteiger partial charge in [-0.25, -0.2) is 0 Å². The molecule has 0 saturated carbocycles. The summed E-state index contributed by atoms with van der Waals surface area (Å²) in [5, 5.41) is 0. The molecule has 0 atom stereocenters. The summed E-state index contributed by atoms with van der Waals surface area (Å²) >= 11 is 1.86. The van der Waals surface area contributed by atoms with Crippen molar-refractivity contribution in [2.75, 3.05) is 0 Å². The Hall–Kier alpha value is -0.240. The van der Waals surface area contributed by atoms with Gasteiger partial charge in [-0.3, -0.25) is 4.79 Å². The minimum Gasteiger partial charge on any atom is -0.298 e. The van der Waals surface area contributed by atoms with Gasteiger partial charge in [0.25, 0.3) is 0 Å². The van der Waals surface area contributed by atoms with E-state index in [2.05, 4.69) is 20.8 Å². The Bertz CT molecular complexity index is 223. The van der Waals surface area contributed by atoms with Gasteiger partial charge < -0.3 is 0 Å². The molecule has 1 rings (SSSR count). The Morgan fingerprint density at radius 1 is 1.23 bits per heavy atom. The molecule has 0 N–H and O–H groups in total. The van der Waals surface area contributed by atoms with Crippen LogP contribution < -0.4 is 0 Å². The average molecular weight is 198 g/mol. The number of hydrogen-bond donors (Lipinski definition) is 0. The fourth-order valence-electron chi connectivity index (χ4n) is 1.51. The molecule has 0 radical (unpaired) electrons. The summed E-state index contributed by atoms with van der Waals surface area (Å²) in [7, 11) is 0. The van der Waals surface area contributed by atoms with E-state index in [1.54, 1.807) is 0 Å². The predicted octanol–water partition coefficient (Wildman–Crippen LogP) is 3.55. The predicted molar refractivity (Wildman–Crippen MR) is 58.9 cm³/mol. The van der Waals surface area contributed by atoms with Crippen molar-refractivity contribution in [2.45, 2.75) is 51.2 Å². The van der Waals surface area contributed by atoms with Gasteiger partial charge in [0.1, 0.15) is 6.29 Å². The number of carbonyl (C=O) groups excluding carboxylic acids is 1. The zero-order valence-corrected chi connectivity index (χ0v) is 9.54. The van der Waals surface area contributed by atoms with E-state index in [9.17, 15) is 4.79 Å². The molecule has 13 heavy (non-hydrogen) atoms. The van der Waals surface area contributed by atoms with Crippen LogP contribution in [0.3, 0.4) is 0 Å². The molecule has 0 aliphatic heterocycles. The molecule has 0 fully saturated rings. The van der Waals surface area contributed by atoms with Crippen molar-refractivity contribution in [3.63, 3.8) is 0 Å². The molecule has 1 aliphatic rings. The number of hydrogen-bond acceptors (Lipinski definition) is 2. The van der Waals surface area contributed by atoms with Crippen molar-refractivity contribution >= 4 is 18.0 Å². The number of thioether (sulfide) groups is 1. The van der Waals surface area contributed by atoms with E-state index in [0.717, 1.165) is 24.7 Å². The Kier molecular flexibility index (Phi) is 3.60. The molecule has 0 spiro atoms. The number of allylic oxidation sites excluding steroid dienone is 2. The summed E-state index contributed by atoms with van der Waals surface area (Å²) in [4.78, 5) is 12.1. The molecule has 1 aliphatic carbocycles. The van der Waals surface area contributed by atoms with Gasteiger partial charge in [0.2, 0.25) is 0 Å². The Morgan fingerprint density at radius 2 is 1.85 bits per heavy atom. The van der Waals surface area contributed by atoms with E-state index in [4.69, 9.17) is 0 Å². The van der Waals surface area contributed by atoms with E-state index >= 15 is 0 Å². The van der Waals surface area contributed by atoms with Crippen molar-refractivity contribution in [1.82, 2.24) is 0 Å². The largest absolute Gasteiger partial charge is 0.298 e. The Balaban J connectivity index is 2.73. The van der Waals surface area contributed by atoms with Crippen LogP contribution in [0.2, 0.25) is 0 Å². The lowest BCUT2D eigenvalue weighted by Crippen LogP contribution is -2.10. The maximum absolute atomic E-state index is 10.8. The van der Waals surface area contributed by atoms with Crippen molar-refractivity contribution in [2.24, 2.45) is 0 Å². The quantitative estimate of drug-likeness (QED) is 0.631. The van der Waals surface area contributed by atoms with E-state index in [1.807, 2.05) is 11.8 Å². The van der Waals surface area contributed by atoms with Crippen molar-refractivity contribution in [1.29, 1.82) is 0 Å². The SMILES string of the molecule is CC(C)(C)SC1=C(C=O)CCCC1. The molecule has 0 heterocycles. The first-order valence-electron chi connectivity index (χ1n) is 4.89. The van der Waals surface area contributed by atoms with Crippen molar-refractivity contribution in [3.8, 4) is 0 Å². The maximum atomic E-state index is 10.8. The van der Waals surface area contributed by atoms with Gasteiger partial charge in [-0.1, -0.05) is 20.8 Å². The third-order valence-corrected chi connectivity index (χ3v) is 3.35. The van der Waals surface area contributed by atoms with E-state index in [-0.39, 0.29) is 4.75 Å². The highest BCUT2D eigenvalue weighted by Crippen LogP contribution is 2.39. The molecule has 0 aromatic heterocycles. The van der Waals surface area contributed by atoms with Gasteiger partial charge >= 0.3 is 0 Å². The lowest BCUT2D eigenvalue weighted by Gasteiger charge is -2.24. The molecule has 74 valence electrons. The highest BCUT2D eigenvalue weighted by atomic mass is 32.2. The number of carbonyl (C=O) groups is 1. The minimum atomic E-state index is 0.237. The number of rotatable bonds is 2. The summed E-state index contributed by atoms with van der Waals surface area (Å²) in [6.45, 7) is 6.59. The third-order valence-electron chi connectivity index (χ3n) is 2.03. The van der Waals surface area contributed by atoms with Crippen LogP contribution in [-0.4, -0.2) is 11.0 Å². The van der Waals surface area contributed by atoms with Crippen LogP contribution in [0, 0.1) is 0 Å². The summed E-state index contributed by atoms with van der Waals surface area (Å²) in [6.07, 6.45) is 5.57. The smallest absolute Gasteiger partial charge is 0.146 e. The average Bonchev–Trinajstić information content (AvgIpc) is 2.02. The van der Waals surface area contributed by atoms with Crippen LogP contribution in [0.5, 0.6) is 0 Å².